The fourth-order valence-electron chi connectivity index (χ4n) is 1.78. The number of carbonyl (C=O) groups excluding carboxylic acids is 2. The largest absolute Gasteiger partial charge is 0.389 e. The first kappa shape index (κ1) is 16.2. The number of aliphatic hydroxyl groups excluding tert-OH is 1. The zero-order valence-corrected chi connectivity index (χ0v) is 11.8. The highest BCUT2D eigenvalue weighted by atomic mass is 16.3. The first-order valence-electron chi connectivity index (χ1n) is 6.83. The minimum absolute atomic E-state index is 0.113. The van der Waals surface area contributed by atoms with Crippen LogP contribution in [0.2, 0.25) is 0 Å². The number of unbranched alkanes of at least 4 members (excludes halogenated alkanes) is 2. The molecule has 0 unspecified atom stereocenters. The maximum absolute atomic E-state index is 11.5. The molecule has 0 saturated heterocycles. The van der Waals surface area contributed by atoms with Crippen molar-refractivity contribution in [3.05, 3.63) is 30.1 Å². The molecule has 0 radical (unpaired) electrons. The molecule has 0 aliphatic heterocycles. The van der Waals surface area contributed by atoms with Gasteiger partial charge in [0.15, 0.2) is 5.78 Å². The van der Waals surface area contributed by atoms with Crippen LogP contribution < -0.4 is 5.32 Å². The molecule has 0 atom stereocenters. The van der Waals surface area contributed by atoms with E-state index in [1.54, 1.807) is 6.08 Å². The van der Waals surface area contributed by atoms with E-state index in [0.29, 0.717) is 13.0 Å². The Morgan fingerprint density at radius 2 is 2.15 bits per heavy atom. The molecule has 5 heteroatoms. The Morgan fingerprint density at radius 3 is 2.80 bits per heavy atom. The predicted octanol–water partition coefficient (Wildman–Crippen LogP) is 1.28. The quantitative estimate of drug-likeness (QED) is 0.528. The van der Waals surface area contributed by atoms with Gasteiger partial charge in [-0.1, -0.05) is 6.42 Å². The second-order valence-corrected chi connectivity index (χ2v) is 4.68. The highest BCUT2D eigenvalue weighted by Crippen LogP contribution is 2.02. The number of aromatic nitrogens is 1. The van der Waals surface area contributed by atoms with E-state index in [1.165, 1.54) is 6.08 Å². The highest BCUT2D eigenvalue weighted by molar-refractivity contribution is 5.91. The average molecular weight is 278 g/mol. The summed E-state index contributed by atoms with van der Waals surface area (Å²) in [6, 6.07) is 3.85. The number of hydrogen-bond acceptors (Lipinski definition) is 3. The standard InChI is InChI=1S/C15H22N2O3/c1-17-11-5-6-13(17)8-9-15(20)16-10-4-2-3-7-14(19)12-18/h5-6,8-9,11,18H,2-4,7,10,12H2,1H3,(H,16,20)/b9-8+. The Bertz CT molecular complexity index is 463. The van der Waals surface area contributed by atoms with E-state index in [9.17, 15) is 9.59 Å². The van der Waals surface area contributed by atoms with Crippen LogP contribution in [0.15, 0.2) is 24.4 Å². The van der Waals surface area contributed by atoms with Crippen molar-refractivity contribution >= 4 is 17.8 Å². The number of Topliss-reactive ketones (excluding diaryl/α,β-unsaturated/α-hetero) is 1. The maximum Gasteiger partial charge on any atom is 0.244 e. The fraction of sp³-hybridized carbons (Fsp3) is 0.467. The van der Waals surface area contributed by atoms with E-state index < -0.39 is 0 Å². The van der Waals surface area contributed by atoms with Crippen LogP contribution in [0.25, 0.3) is 6.08 Å². The summed E-state index contributed by atoms with van der Waals surface area (Å²) >= 11 is 0. The lowest BCUT2D eigenvalue weighted by molar-refractivity contribution is -0.122. The Morgan fingerprint density at radius 1 is 1.35 bits per heavy atom. The van der Waals surface area contributed by atoms with Crippen molar-refractivity contribution in [3.63, 3.8) is 0 Å². The van der Waals surface area contributed by atoms with Crippen LogP contribution in [0.1, 0.15) is 31.4 Å². The molecule has 1 aromatic heterocycles. The van der Waals surface area contributed by atoms with E-state index in [-0.39, 0.29) is 18.3 Å². The number of nitrogens with one attached hydrogen (secondary N) is 1. The summed E-state index contributed by atoms with van der Waals surface area (Å²) in [5, 5.41) is 11.3. The molecule has 0 spiro atoms. The number of carbonyl (C=O) groups is 2. The molecule has 5 nitrogen and oxygen atoms in total. The van der Waals surface area contributed by atoms with Gasteiger partial charge >= 0.3 is 0 Å². The van der Waals surface area contributed by atoms with Crippen LogP contribution in [0.5, 0.6) is 0 Å². The highest BCUT2D eigenvalue weighted by Gasteiger charge is 1.99. The summed E-state index contributed by atoms with van der Waals surface area (Å²) in [5.41, 5.74) is 0.975. The average Bonchev–Trinajstić information content (AvgIpc) is 2.85. The lowest BCUT2D eigenvalue weighted by atomic mass is 10.1. The zero-order valence-electron chi connectivity index (χ0n) is 11.8. The van der Waals surface area contributed by atoms with Crippen LogP contribution in [0, 0.1) is 0 Å². The molecule has 1 rings (SSSR count). The van der Waals surface area contributed by atoms with Gasteiger partial charge in [-0.05, 0) is 31.1 Å². The summed E-state index contributed by atoms with van der Waals surface area (Å²) in [7, 11) is 1.92. The van der Waals surface area contributed by atoms with Gasteiger partial charge in [-0.15, -0.1) is 0 Å². The zero-order chi connectivity index (χ0) is 14.8. The lowest BCUT2D eigenvalue weighted by Gasteiger charge is -2.02. The molecule has 20 heavy (non-hydrogen) atoms. The van der Waals surface area contributed by atoms with E-state index in [1.807, 2.05) is 29.9 Å². The third kappa shape index (κ3) is 6.33. The molecule has 1 aromatic rings. The minimum Gasteiger partial charge on any atom is -0.389 e. The SMILES string of the molecule is Cn1cccc1/C=C/C(=O)NCCCCCC(=O)CO. The second kappa shape index (κ2) is 9.09. The summed E-state index contributed by atoms with van der Waals surface area (Å²) in [4.78, 5) is 22.4. The van der Waals surface area contributed by atoms with Crippen molar-refractivity contribution in [1.82, 2.24) is 9.88 Å². The van der Waals surface area contributed by atoms with E-state index in [0.717, 1.165) is 25.0 Å². The Balaban J connectivity index is 2.10. The van der Waals surface area contributed by atoms with Crippen molar-refractivity contribution < 1.29 is 14.7 Å². The molecular weight excluding hydrogens is 256 g/mol. The summed E-state index contributed by atoms with van der Waals surface area (Å²) in [6.07, 6.45) is 8.09. The van der Waals surface area contributed by atoms with Crippen molar-refractivity contribution in [2.24, 2.45) is 7.05 Å². The van der Waals surface area contributed by atoms with Crippen LogP contribution in [0.4, 0.5) is 0 Å². The van der Waals surface area contributed by atoms with E-state index in [2.05, 4.69) is 5.32 Å². The Labute approximate surface area is 119 Å². The monoisotopic (exact) mass is 278 g/mol. The number of aryl methyl sites for hydroxylation is 1. The second-order valence-electron chi connectivity index (χ2n) is 4.68. The van der Waals surface area contributed by atoms with Gasteiger partial charge < -0.3 is 15.0 Å². The third-order valence-corrected chi connectivity index (χ3v) is 3.00. The van der Waals surface area contributed by atoms with Gasteiger partial charge in [-0.3, -0.25) is 9.59 Å². The smallest absolute Gasteiger partial charge is 0.244 e. The predicted molar refractivity (Wildman–Crippen MR) is 78.0 cm³/mol. The maximum atomic E-state index is 11.5. The van der Waals surface area contributed by atoms with Gasteiger partial charge in [0.2, 0.25) is 5.91 Å². The van der Waals surface area contributed by atoms with Crippen LogP contribution >= 0.6 is 0 Å². The molecular formula is C15H22N2O3. The molecule has 110 valence electrons. The minimum atomic E-state index is -0.374. The molecule has 2 N–H and O–H groups in total. The number of ketones is 1. The van der Waals surface area contributed by atoms with E-state index >= 15 is 0 Å². The van der Waals surface area contributed by atoms with Crippen molar-refractivity contribution in [2.45, 2.75) is 25.7 Å². The number of amides is 1. The van der Waals surface area contributed by atoms with Gasteiger partial charge in [-0.25, -0.2) is 0 Å². The first-order chi connectivity index (χ1) is 9.63. The van der Waals surface area contributed by atoms with Gasteiger partial charge in [0.05, 0.1) is 0 Å². The number of rotatable bonds is 9. The molecule has 1 amide bonds. The molecule has 0 saturated carbocycles. The van der Waals surface area contributed by atoms with Crippen LogP contribution in [-0.4, -0.2) is 34.5 Å². The number of aliphatic hydroxyl groups is 1. The lowest BCUT2D eigenvalue weighted by Crippen LogP contribution is -2.22. The Hall–Kier alpha value is -1.88. The molecule has 0 aromatic carbocycles. The van der Waals surface area contributed by atoms with Crippen molar-refractivity contribution in [1.29, 1.82) is 0 Å². The normalized spacial score (nSPS) is 10.9. The van der Waals surface area contributed by atoms with Crippen LogP contribution in [-0.2, 0) is 16.6 Å². The molecule has 1 heterocycles. The van der Waals surface area contributed by atoms with Crippen molar-refractivity contribution in [2.75, 3.05) is 13.2 Å². The third-order valence-electron chi connectivity index (χ3n) is 3.00. The van der Waals surface area contributed by atoms with Crippen LogP contribution in [0.3, 0.4) is 0 Å². The first-order valence-corrected chi connectivity index (χ1v) is 6.83. The molecule has 0 aliphatic carbocycles. The molecule has 0 fully saturated rings. The van der Waals surface area contributed by atoms with Gasteiger partial charge in [0.25, 0.3) is 0 Å². The summed E-state index contributed by atoms with van der Waals surface area (Å²) in [6.45, 7) is 0.226. The van der Waals surface area contributed by atoms with Gasteiger partial charge in [0.1, 0.15) is 6.61 Å². The van der Waals surface area contributed by atoms with Crippen molar-refractivity contribution in [3.8, 4) is 0 Å². The van der Waals surface area contributed by atoms with E-state index in [4.69, 9.17) is 5.11 Å². The fourth-order valence-corrected chi connectivity index (χ4v) is 1.78. The Kier molecular flexibility index (Phi) is 7.35. The number of nitrogens with zero attached hydrogens (tertiary/aromatic N) is 1. The topological polar surface area (TPSA) is 71.3 Å². The molecule has 0 aliphatic rings. The van der Waals surface area contributed by atoms with Gasteiger partial charge in [-0.2, -0.15) is 0 Å². The van der Waals surface area contributed by atoms with Gasteiger partial charge in [0, 0.05) is 38.0 Å². The number of hydrogen-bond donors (Lipinski definition) is 2. The summed E-state index contributed by atoms with van der Waals surface area (Å²) in [5.74, 6) is -0.239. The molecule has 0 bridgehead atoms. The summed E-state index contributed by atoms with van der Waals surface area (Å²) < 4.78 is 1.93.